The van der Waals surface area contributed by atoms with Crippen LogP contribution in [0.5, 0.6) is 0 Å². The van der Waals surface area contributed by atoms with Crippen LogP contribution in [-0.4, -0.2) is 75.6 Å². The Morgan fingerprint density at radius 3 is 2.17 bits per heavy atom. The van der Waals surface area contributed by atoms with Gasteiger partial charge < -0.3 is 42.6 Å². The van der Waals surface area contributed by atoms with E-state index in [9.17, 15) is 34.2 Å². The van der Waals surface area contributed by atoms with Gasteiger partial charge in [-0.2, -0.15) is 0 Å². The Hall–Kier alpha value is -3.97. The number of amides is 4. The smallest absolute Gasteiger partial charge is 0.326 e. The number of nitrogens with one attached hydrogen (secondary N) is 4. The fourth-order valence-electron chi connectivity index (χ4n) is 3.55. The number of carbonyl (C=O) groups excluding carboxylic acids is 4. The van der Waals surface area contributed by atoms with Crippen LogP contribution in [0.4, 0.5) is 0 Å². The van der Waals surface area contributed by atoms with E-state index in [4.69, 9.17) is 11.5 Å². The standard InChI is InChI=1S/C23H32N6O7/c1-11(2)19(23(35)36)29-22(34)17(10-30)28-21(33)16(27-20(32)14(24)8-18(25)31)7-12-9-26-15-6-4-3-5-13(12)15/h3-6,9,11,14,16-17,19,26,30H,7-8,10,24H2,1-2H3,(H2,25,31)(H,27,32)(H,28,33)(H,29,34)(H,35,36). The molecule has 2 aromatic rings. The van der Waals surface area contributed by atoms with Gasteiger partial charge in [0.1, 0.15) is 18.1 Å². The number of aliphatic carboxylic acids is 1. The molecule has 1 aromatic heterocycles. The monoisotopic (exact) mass is 504 g/mol. The van der Waals surface area contributed by atoms with Gasteiger partial charge in [0.2, 0.25) is 23.6 Å². The molecule has 0 aliphatic carbocycles. The van der Waals surface area contributed by atoms with Gasteiger partial charge in [-0.15, -0.1) is 0 Å². The number of aliphatic hydroxyl groups excluding tert-OH is 1. The molecular weight excluding hydrogens is 472 g/mol. The third kappa shape index (κ3) is 7.52. The Kier molecular flexibility index (Phi) is 9.93. The summed E-state index contributed by atoms with van der Waals surface area (Å²) in [4.78, 5) is 63.9. The van der Waals surface area contributed by atoms with Crippen LogP contribution in [0.15, 0.2) is 30.5 Å². The molecule has 0 aliphatic rings. The minimum absolute atomic E-state index is 0.0195. The predicted molar refractivity (Wildman–Crippen MR) is 129 cm³/mol. The second-order valence-corrected chi connectivity index (χ2v) is 8.71. The van der Waals surface area contributed by atoms with Crippen molar-refractivity contribution in [3.8, 4) is 0 Å². The quantitative estimate of drug-likeness (QED) is 0.153. The topological polar surface area (TPSA) is 230 Å². The molecule has 1 aromatic carbocycles. The van der Waals surface area contributed by atoms with Gasteiger partial charge in [0.05, 0.1) is 19.1 Å². The molecule has 0 aliphatic heterocycles. The van der Waals surface area contributed by atoms with Gasteiger partial charge in [-0.3, -0.25) is 19.2 Å². The molecule has 4 atom stereocenters. The number of rotatable bonds is 13. The van der Waals surface area contributed by atoms with Crippen LogP contribution >= 0.6 is 0 Å². The number of aromatic amines is 1. The summed E-state index contributed by atoms with van der Waals surface area (Å²) in [5.74, 6) is -5.08. The number of fused-ring (bicyclic) bond motifs is 1. The van der Waals surface area contributed by atoms with Gasteiger partial charge in [0, 0.05) is 23.5 Å². The SMILES string of the molecule is CC(C)C(NC(=O)C(CO)NC(=O)C(Cc1c[nH]c2ccccc12)NC(=O)C(N)CC(N)=O)C(=O)O. The molecule has 2 rings (SSSR count). The summed E-state index contributed by atoms with van der Waals surface area (Å²) in [7, 11) is 0. The molecule has 0 saturated carbocycles. The van der Waals surface area contributed by atoms with E-state index in [2.05, 4.69) is 20.9 Å². The van der Waals surface area contributed by atoms with Crippen molar-refractivity contribution in [3.63, 3.8) is 0 Å². The van der Waals surface area contributed by atoms with Crippen LogP contribution < -0.4 is 27.4 Å². The number of aromatic nitrogens is 1. The summed E-state index contributed by atoms with van der Waals surface area (Å²) in [5.41, 5.74) is 12.3. The molecule has 10 N–H and O–H groups in total. The number of hydrogen-bond acceptors (Lipinski definition) is 7. The Morgan fingerprint density at radius 1 is 0.972 bits per heavy atom. The first-order chi connectivity index (χ1) is 16.9. The molecule has 0 spiro atoms. The lowest BCUT2D eigenvalue weighted by Crippen LogP contribution is -2.59. The highest BCUT2D eigenvalue weighted by molar-refractivity contribution is 5.95. The van der Waals surface area contributed by atoms with Gasteiger partial charge in [-0.1, -0.05) is 32.0 Å². The summed E-state index contributed by atoms with van der Waals surface area (Å²) in [6.07, 6.45) is 1.20. The van der Waals surface area contributed by atoms with Gasteiger partial charge in [0.15, 0.2) is 0 Å². The first-order valence-electron chi connectivity index (χ1n) is 11.3. The molecule has 0 radical (unpaired) electrons. The zero-order valence-corrected chi connectivity index (χ0v) is 20.0. The van der Waals surface area contributed by atoms with Crippen LogP contribution in [0, 0.1) is 5.92 Å². The summed E-state index contributed by atoms with van der Waals surface area (Å²) in [5, 5.41) is 26.9. The number of nitrogens with two attached hydrogens (primary N) is 2. The van der Waals surface area contributed by atoms with Crippen molar-refractivity contribution >= 4 is 40.5 Å². The van der Waals surface area contributed by atoms with Crippen molar-refractivity contribution in [2.45, 2.75) is 50.9 Å². The molecule has 1 heterocycles. The molecule has 36 heavy (non-hydrogen) atoms. The van der Waals surface area contributed by atoms with Crippen molar-refractivity contribution in [1.29, 1.82) is 0 Å². The second kappa shape index (κ2) is 12.7. The third-order valence-electron chi connectivity index (χ3n) is 5.54. The third-order valence-corrected chi connectivity index (χ3v) is 5.54. The number of primary amides is 1. The van der Waals surface area contributed by atoms with E-state index in [0.29, 0.717) is 5.56 Å². The molecule has 0 fully saturated rings. The molecule has 13 heteroatoms. The van der Waals surface area contributed by atoms with Crippen molar-refractivity contribution in [2.75, 3.05) is 6.61 Å². The van der Waals surface area contributed by atoms with Gasteiger partial charge >= 0.3 is 5.97 Å². The minimum atomic E-state index is -1.49. The highest BCUT2D eigenvalue weighted by Crippen LogP contribution is 2.19. The number of para-hydroxylation sites is 1. The summed E-state index contributed by atoms with van der Waals surface area (Å²) < 4.78 is 0. The zero-order chi connectivity index (χ0) is 27.0. The Balaban J connectivity index is 2.25. The van der Waals surface area contributed by atoms with Crippen LogP contribution in [0.1, 0.15) is 25.8 Å². The first kappa shape index (κ1) is 28.3. The number of carboxylic acid groups (broad SMARTS) is 1. The van der Waals surface area contributed by atoms with Crippen LogP contribution in [0.3, 0.4) is 0 Å². The Labute approximate surface area is 207 Å². The van der Waals surface area contributed by atoms with Crippen molar-refractivity contribution in [3.05, 3.63) is 36.0 Å². The second-order valence-electron chi connectivity index (χ2n) is 8.71. The van der Waals surface area contributed by atoms with Crippen LogP contribution in [-0.2, 0) is 30.4 Å². The maximum atomic E-state index is 13.1. The molecular formula is C23H32N6O7. The Bertz CT molecular complexity index is 1120. The summed E-state index contributed by atoms with van der Waals surface area (Å²) in [6.45, 7) is 2.36. The van der Waals surface area contributed by atoms with E-state index in [-0.39, 0.29) is 6.42 Å². The molecule has 0 bridgehead atoms. The van der Waals surface area contributed by atoms with Crippen molar-refractivity contribution in [2.24, 2.45) is 17.4 Å². The zero-order valence-electron chi connectivity index (χ0n) is 20.0. The lowest BCUT2D eigenvalue weighted by molar-refractivity contribution is -0.143. The number of benzene rings is 1. The number of carboxylic acids is 1. The number of H-pyrrole nitrogens is 1. The van der Waals surface area contributed by atoms with E-state index in [1.165, 1.54) is 0 Å². The van der Waals surface area contributed by atoms with Gasteiger partial charge in [-0.05, 0) is 17.5 Å². The largest absolute Gasteiger partial charge is 0.480 e. The highest BCUT2D eigenvalue weighted by atomic mass is 16.4. The fourth-order valence-corrected chi connectivity index (χ4v) is 3.55. The summed E-state index contributed by atoms with van der Waals surface area (Å²) >= 11 is 0. The molecule has 0 saturated heterocycles. The minimum Gasteiger partial charge on any atom is -0.480 e. The average molecular weight is 505 g/mol. The fraction of sp³-hybridized carbons (Fsp3) is 0.435. The maximum absolute atomic E-state index is 13.1. The summed E-state index contributed by atoms with van der Waals surface area (Å²) in [6, 6.07) is 1.99. The lowest BCUT2D eigenvalue weighted by atomic mass is 10.0. The van der Waals surface area contributed by atoms with E-state index in [0.717, 1.165) is 10.9 Å². The molecule has 4 unspecified atom stereocenters. The number of carbonyl (C=O) groups is 5. The van der Waals surface area contributed by atoms with Crippen molar-refractivity contribution in [1.82, 2.24) is 20.9 Å². The number of hydrogen-bond donors (Lipinski definition) is 8. The van der Waals surface area contributed by atoms with E-state index in [1.54, 1.807) is 26.1 Å². The average Bonchev–Trinajstić information content (AvgIpc) is 3.22. The van der Waals surface area contributed by atoms with Crippen LogP contribution in [0.2, 0.25) is 0 Å². The van der Waals surface area contributed by atoms with E-state index >= 15 is 0 Å². The normalized spacial score (nSPS) is 14.5. The Morgan fingerprint density at radius 2 is 1.58 bits per heavy atom. The van der Waals surface area contributed by atoms with Crippen molar-refractivity contribution < 1.29 is 34.2 Å². The highest BCUT2D eigenvalue weighted by Gasteiger charge is 2.31. The van der Waals surface area contributed by atoms with E-state index < -0.39 is 72.7 Å². The molecule has 13 nitrogen and oxygen atoms in total. The molecule has 4 amide bonds. The first-order valence-corrected chi connectivity index (χ1v) is 11.3. The number of aliphatic hydroxyl groups is 1. The molecule has 196 valence electrons. The predicted octanol–water partition coefficient (Wildman–Crippen LogP) is -1.90. The van der Waals surface area contributed by atoms with Gasteiger partial charge in [-0.25, -0.2) is 4.79 Å². The maximum Gasteiger partial charge on any atom is 0.326 e. The lowest BCUT2D eigenvalue weighted by Gasteiger charge is -2.25. The van der Waals surface area contributed by atoms with Gasteiger partial charge in [0.25, 0.3) is 0 Å². The van der Waals surface area contributed by atoms with E-state index in [1.807, 2.05) is 18.2 Å². The van der Waals surface area contributed by atoms with Crippen LogP contribution in [0.25, 0.3) is 10.9 Å².